The Kier molecular flexibility index (Phi) is 5.67. The van der Waals surface area contributed by atoms with E-state index in [2.05, 4.69) is 6.58 Å². The van der Waals surface area contributed by atoms with Crippen molar-refractivity contribution in [1.82, 2.24) is 5.06 Å². The van der Waals surface area contributed by atoms with E-state index in [9.17, 15) is 25.0 Å². The number of hydrogen-bond acceptors (Lipinski definition) is 7. The maximum absolute atomic E-state index is 11.6. The van der Waals surface area contributed by atoms with Crippen LogP contribution in [0, 0.1) is 20.2 Å². The maximum atomic E-state index is 11.6. The third-order valence-corrected chi connectivity index (χ3v) is 3.07. The van der Waals surface area contributed by atoms with Crippen molar-refractivity contribution in [3.05, 3.63) is 51.1 Å². The molecule has 0 heterocycles. The minimum absolute atomic E-state index is 0.263. The van der Waals surface area contributed by atoms with Crippen LogP contribution in [0.4, 0.5) is 16.2 Å². The van der Waals surface area contributed by atoms with Gasteiger partial charge in [-0.25, -0.2) is 0 Å². The van der Waals surface area contributed by atoms with E-state index >= 15 is 0 Å². The van der Waals surface area contributed by atoms with Gasteiger partial charge in [0.1, 0.15) is 0 Å². The first-order valence-corrected chi connectivity index (χ1v) is 6.47. The molecule has 0 N–H and O–H groups in total. The Morgan fingerprint density at radius 2 is 2.10 bits per heavy atom. The Balaban J connectivity index is 2.97. The monoisotopic (exact) mass is 313 g/mol. The molecule has 0 saturated carbocycles. The smallest absolute Gasteiger partial charge is 0.321 e. The second kappa shape index (κ2) is 7.24. The zero-order valence-electron chi connectivity index (χ0n) is 10.9. The Morgan fingerprint density at radius 3 is 2.62 bits per heavy atom. The summed E-state index contributed by atoms with van der Waals surface area (Å²) in [6, 6.07) is 2.89. The Labute approximate surface area is 123 Å². The van der Waals surface area contributed by atoms with E-state index in [0.29, 0.717) is 5.75 Å². The number of nitro groups is 2. The minimum atomic E-state index is -0.822. The highest BCUT2D eigenvalue weighted by molar-refractivity contribution is 8.13. The molecule has 0 fully saturated rings. The van der Waals surface area contributed by atoms with Crippen molar-refractivity contribution in [2.75, 3.05) is 12.8 Å². The fourth-order valence-corrected chi connectivity index (χ4v) is 1.72. The van der Waals surface area contributed by atoms with Gasteiger partial charge >= 0.3 is 10.9 Å². The fourth-order valence-electron chi connectivity index (χ4n) is 1.25. The highest BCUT2D eigenvalue weighted by Crippen LogP contribution is 2.31. The van der Waals surface area contributed by atoms with Gasteiger partial charge in [0.15, 0.2) is 0 Å². The van der Waals surface area contributed by atoms with Crippen molar-refractivity contribution in [3.63, 3.8) is 0 Å². The minimum Gasteiger partial charge on any atom is -0.369 e. The maximum Gasteiger partial charge on any atom is 0.321 e. The number of carbonyl (C=O) groups is 1. The van der Waals surface area contributed by atoms with Crippen LogP contribution in [0.25, 0.3) is 0 Å². The van der Waals surface area contributed by atoms with E-state index in [0.717, 1.165) is 35.0 Å². The summed E-state index contributed by atoms with van der Waals surface area (Å²) in [5, 5.41) is 21.8. The van der Waals surface area contributed by atoms with Crippen molar-refractivity contribution in [3.8, 4) is 5.75 Å². The summed E-state index contributed by atoms with van der Waals surface area (Å²) in [6.07, 6.45) is 1.52. The second-order valence-electron chi connectivity index (χ2n) is 3.62. The quantitative estimate of drug-likeness (QED) is 0.450. The van der Waals surface area contributed by atoms with Crippen LogP contribution in [-0.2, 0) is 0 Å². The number of benzene rings is 1. The molecule has 10 heteroatoms. The van der Waals surface area contributed by atoms with Crippen LogP contribution in [0.2, 0.25) is 0 Å². The molecule has 0 unspecified atom stereocenters. The molecule has 0 atom stereocenters. The lowest BCUT2D eigenvalue weighted by atomic mass is 10.2. The molecule has 1 aromatic rings. The summed E-state index contributed by atoms with van der Waals surface area (Å²) in [5.41, 5.74) is -1.04. The lowest BCUT2D eigenvalue weighted by molar-refractivity contribution is -0.395. The number of carbonyl (C=O) groups excluding carboxylic acids is 1. The first-order valence-electron chi connectivity index (χ1n) is 5.49. The number of amides is 1. The van der Waals surface area contributed by atoms with Crippen molar-refractivity contribution in [2.45, 2.75) is 0 Å². The highest BCUT2D eigenvalue weighted by atomic mass is 32.2. The van der Waals surface area contributed by atoms with E-state index in [4.69, 9.17) is 4.84 Å². The van der Waals surface area contributed by atoms with E-state index in [-0.39, 0.29) is 5.75 Å². The van der Waals surface area contributed by atoms with Crippen LogP contribution < -0.4 is 4.84 Å². The van der Waals surface area contributed by atoms with E-state index < -0.39 is 26.5 Å². The lowest BCUT2D eigenvalue weighted by Gasteiger charge is -2.16. The van der Waals surface area contributed by atoms with Gasteiger partial charge < -0.3 is 4.84 Å². The van der Waals surface area contributed by atoms with Crippen molar-refractivity contribution in [1.29, 1.82) is 0 Å². The summed E-state index contributed by atoms with van der Waals surface area (Å²) in [7, 11) is 1.28. The van der Waals surface area contributed by atoms with Crippen LogP contribution >= 0.6 is 11.8 Å². The molecule has 21 heavy (non-hydrogen) atoms. The fraction of sp³-hybridized carbons (Fsp3) is 0.182. The Morgan fingerprint density at radius 1 is 1.43 bits per heavy atom. The van der Waals surface area contributed by atoms with Crippen LogP contribution in [0.1, 0.15) is 0 Å². The predicted molar refractivity (Wildman–Crippen MR) is 76.2 cm³/mol. The Bertz CT molecular complexity index is 591. The molecule has 0 aliphatic rings. The zero-order chi connectivity index (χ0) is 16.0. The average molecular weight is 313 g/mol. The first-order chi connectivity index (χ1) is 9.86. The molecule has 0 radical (unpaired) electrons. The number of hydroxylamine groups is 2. The van der Waals surface area contributed by atoms with Crippen LogP contribution in [-0.4, -0.2) is 32.9 Å². The first kappa shape index (κ1) is 16.4. The van der Waals surface area contributed by atoms with Gasteiger partial charge in [0, 0.05) is 18.9 Å². The van der Waals surface area contributed by atoms with Gasteiger partial charge in [-0.1, -0.05) is 17.8 Å². The Hall–Kier alpha value is -2.62. The largest absolute Gasteiger partial charge is 0.369 e. The van der Waals surface area contributed by atoms with E-state index in [1.54, 1.807) is 0 Å². The van der Waals surface area contributed by atoms with Gasteiger partial charge in [-0.3, -0.25) is 25.0 Å². The molecular formula is C11H11N3O6S. The SMILES string of the molecule is C=CCSC(=O)N(C)Oc1ccc([N+](=O)[O-])cc1[N+](=O)[O-]. The molecule has 9 nitrogen and oxygen atoms in total. The molecule has 0 aromatic heterocycles. The van der Waals surface area contributed by atoms with Crippen molar-refractivity contribution >= 4 is 28.4 Å². The molecular weight excluding hydrogens is 302 g/mol. The van der Waals surface area contributed by atoms with Crippen molar-refractivity contribution in [2.24, 2.45) is 0 Å². The molecule has 1 amide bonds. The van der Waals surface area contributed by atoms with Gasteiger partial charge in [0.2, 0.25) is 5.75 Å². The highest BCUT2D eigenvalue weighted by Gasteiger charge is 2.23. The summed E-state index contributed by atoms with van der Waals surface area (Å²) in [4.78, 5) is 36.6. The zero-order valence-corrected chi connectivity index (χ0v) is 11.7. The summed E-state index contributed by atoms with van der Waals surface area (Å²) in [5.74, 6) is 0.0928. The van der Waals surface area contributed by atoms with Crippen molar-refractivity contribution < 1.29 is 19.5 Å². The number of thioether (sulfide) groups is 1. The topological polar surface area (TPSA) is 116 Å². The van der Waals surface area contributed by atoms with Gasteiger partial charge in [-0.05, 0) is 6.07 Å². The third kappa shape index (κ3) is 4.45. The number of non-ortho nitro benzene ring substituents is 1. The predicted octanol–water partition coefficient (Wildman–Crippen LogP) is 2.77. The number of hydrogen-bond donors (Lipinski definition) is 0. The van der Waals surface area contributed by atoms with Crippen LogP contribution in [0.15, 0.2) is 30.9 Å². The summed E-state index contributed by atoms with van der Waals surface area (Å²) in [6.45, 7) is 3.45. The average Bonchev–Trinajstić information content (AvgIpc) is 2.44. The number of nitrogens with zero attached hydrogens (tertiary/aromatic N) is 3. The lowest BCUT2D eigenvalue weighted by Crippen LogP contribution is -2.27. The molecule has 0 aliphatic carbocycles. The summed E-state index contributed by atoms with van der Waals surface area (Å²) < 4.78 is 0. The number of rotatable bonds is 6. The van der Waals surface area contributed by atoms with E-state index in [1.807, 2.05) is 0 Å². The van der Waals surface area contributed by atoms with Crippen LogP contribution in [0.5, 0.6) is 5.75 Å². The second-order valence-corrected chi connectivity index (χ2v) is 4.59. The molecule has 0 saturated heterocycles. The van der Waals surface area contributed by atoms with Crippen LogP contribution in [0.3, 0.4) is 0 Å². The molecule has 0 bridgehead atoms. The number of nitro benzene ring substituents is 2. The molecule has 112 valence electrons. The molecule has 0 aliphatic heterocycles. The molecule has 1 aromatic carbocycles. The molecule has 0 spiro atoms. The third-order valence-electron chi connectivity index (χ3n) is 2.17. The standard InChI is InChI=1S/C11H11N3O6S/c1-3-6-21-11(15)12(2)20-10-5-4-8(13(16)17)7-9(10)14(18)19/h3-5,7H,1,6H2,2H3. The summed E-state index contributed by atoms with van der Waals surface area (Å²) >= 11 is 0.892. The normalized spacial score (nSPS) is 9.76. The van der Waals surface area contributed by atoms with E-state index in [1.165, 1.54) is 13.1 Å². The van der Waals surface area contributed by atoms with Gasteiger partial charge in [0.25, 0.3) is 5.69 Å². The van der Waals surface area contributed by atoms with Gasteiger partial charge in [-0.15, -0.1) is 6.58 Å². The van der Waals surface area contributed by atoms with Gasteiger partial charge in [0.05, 0.1) is 15.9 Å². The molecule has 1 rings (SSSR count). The van der Waals surface area contributed by atoms with Gasteiger partial charge in [-0.2, -0.15) is 5.06 Å².